The Morgan fingerprint density at radius 3 is 2.93 bits per heavy atom. The SMILES string of the molecule is N#CCC(c1cc[nH]n1)C1CCCC1. The number of nitriles is 1. The Morgan fingerprint density at radius 2 is 2.36 bits per heavy atom. The number of nitrogens with zero attached hydrogens (tertiary/aromatic N) is 2. The summed E-state index contributed by atoms with van der Waals surface area (Å²) in [4.78, 5) is 0. The molecule has 0 aliphatic heterocycles. The molecule has 0 saturated heterocycles. The number of H-pyrrole nitrogens is 1. The molecule has 1 atom stereocenters. The molecule has 0 aromatic carbocycles. The average molecular weight is 189 g/mol. The molecule has 1 aromatic rings. The quantitative estimate of drug-likeness (QED) is 0.794. The van der Waals surface area contributed by atoms with Crippen molar-refractivity contribution in [2.24, 2.45) is 5.92 Å². The number of hydrogen-bond donors (Lipinski definition) is 1. The van der Waals surface area contributed by atoms with Gasteiger partial charge in [0.2, 0.25) is 0 Å². The van der Waals surface area contributed by atoms with E-state index < -0.39 is 0 Å². The summed E-state index contributed by atoms with van der Waals surface area (Å²) in [5.41, 5.74) is 1.07. The second-order valence-corrected chi connectivity index (χ2v) is 4.01. The average Bonchev–Trinajstić information content (AvgIpc) is 2.87. The first-order valence-corrected chi connectivity index (χ1v) is 5.28. The van der Waals surface area contributed by atoms with Crippen molar-refractivity contribution >= 4 is 0 Å². The normalized spacial score (nSPS) is 19.4. The van der Waals surface area contributed by atoms with Gasteiger partial charge < -0.3 is 0 Å². The van der Waals surface area contributed by atoms with Crippen molar-refractivity contribution < 1.29 is 0 Å². The van der Waals surface area contributed by atoms with Gasteiger partial charge in [0.1, 0.15) is 0 Å². The van der Waals surface area contributed by atoms with Crippen molar-refractivity contribution in [3.05, 3.63) is 18.0 Å². The van der Waals surface area contributed by atoms with Crippen LogP contribution in [0.25, 0.3) is 0 Å². The summed E-state index contributed by atoms with van der Waals surface area (Å²) in [6.07, 6.45) is 7.61. The third-order valence-electron chi connectivity index (χ3n) is 3.18. The summed E-state index contributed by atoms with van der Waals surface area (Å²) in [5.74, 6) is 1.03. The zero-order chi connectivity index (χ0) is 9.80. The Kier molecular flexibility index (Phi) is 2.83. The maximum atomic E-state index is 8.81. The minimum Gasteiger partial charge on any atom is -0.285 e. The van der Waals surface area contributed by atoms with Crippen LogP contribution in [0, 0.1) is 17.2 Å². The third kappa shape index (κ3) is 1.79. The standard InChI is InChI=1S/C11H15N3/c12-7-5-10(9-3-1-2-4-9)11-6-8-13-14-11/h6,8-10H,1-5H2,(H,13,14). The van der Waals surface area contributed by atoms with Gasteiger partial charge in [0.25, 0.3) is 0 Å². The highest BCUT2D eigenvalue weighted by Crippen LogP contribution is 2.38. The van der Waals surface area contributed by atoms with E-state index in [1.54, 1.807) is 0 Å². The van der Waals surface area contributed by atoms with Gasteiger partial charge in [0.15, 0.2) is 0 Å². The van der Waals surface area contributed by atoms with Crippen molar-refractivity contribution in [1.29, 1.82) is 5.26 Å². The van der Waals surface area contributed by atoms with Crippen molar-refractivity contribution in [2.45, 2.75) is 38.0 Å². The maximum Gasteiger partial charge on any atom is 0.0665 e. The van der Waals surface area contributed by atoms with E-state index in [0.717, 1.165) is 5.69 Å². The van der Waals surface area contributed by atoms with Crippen LogP contribution in [0.5, 0.6) is 0 Å². The molecule has 0 amide bonds. The van der Waals surface area contributed by atoms with E-state index in [2.05, 4.69) is 16.3 Å². The van der Waals surface area contributed by atoms with Crippen LogP contribution >= 0.6 is 0 Å². The maximum absolute atomic E-state index is 8.81. The smallest absolute Gasteiger partial charge is 0.0665 e. The second kappa shape index (κ2) is 4.28. The first kappa shape index (κ1) is 9.26. The van der Waals surface area contributed by atoms with E-state index >= 15 is 0 Å². The largest absolute Gasteiger partial charge is 0.285 e. The molecule has 74 valence electrons. The summed E-state index contributed by atoms with van der Waals surface area (Å²) < 4.78 is 0. The fraction of sp³-hybridized carbons (Fsp3) is 0.636. The summed E-state index contributed by atoms with van der Waals surface area (Å²) in [7, 11) is 0. The molecule has 1 fully saturated rings. The van der Waals surface area contributed by atoms with E-state index in [0.29, 0.717) is 18.3 Å². The van der Waals surface area contributed by atoms with Crippen LogP contribution in [-0.2, 0) is 0 Å². The first-order chi connectivity index (χ1) is 6.92. The Bertz CT molecular complexity index is 304. The van der Waals surface area contributed by atoms with Crippen LogP contribution in [0.2, 0.25) is 0 Å². The minimum atomic E-state index is 0.355. The van der Waals surface area contributed by atoms with E-state index in [9.17, 15) is 0 Å². The second-order valence-electron chi connectivity index (χ2n) is 4.01. The number of hydrogen-bond acceptors (Lipinski definition) is 2. The van der Waals surface area contributed by atoms with Gasteiger partial charge in [-0.15, -0.1) is 0 Å². The predicted molar refractivity (Wildman–Crippen MR) is 53.5 cm³/mol. The van der Waals surface area contributed by atoms with Crippen molar-refractivity contribution in [3.63, 3.8) is 0 Å². The van der Waals surface area contributed by atoms with E-state index in [-0.39, 0.29) is 0 Å². The molecular weight excluding hydrogens is 174 g/mol. The number of nitrogens with one attached hydrogen (secondary N) is 1. The molecule has 1 aromatic heterocycles. The van der Waals surface area contributed by atoms with Crippen LogP contribution in [0.4, 0.5) is 0 Å². The summed E-state index contributed by atoms with van der Waals surface area (Å²) >= 11 is 0. The summed E-state index contributed by atoms with van der Waals surface area (Å²) in [6, 6.07) is 4.28. The van der Waals surface area contributed by atoms with E-state index in [1.165, 1.54) is 25.7 Å². The van der Waals surface area contributed by atoms with Gasteiger partial charge in [0, 0.05) is 18.5 Å². The molecule has 0 bridgehead atoms. The zero-order valence-electron chi connectivity index (χ0n) is 8.24. The molecule has 1 saturated carbocycles. The predicted octanol–water partition coefficient (Wildman–Crippen LogP) is 2.60. The van der Waals surface area contributed by atoms with Crippen LogP contribution in [0.15, 0.2) is 12.3 Å². The molecule has 1 aliphatic carbocycles. The molecule has 3 nitrogen and oxygen atoms in total. The molecule has 1 N–H and O–H groups in total. The lowest BCUT2D eigenvalue weighted by Crippen LogP contribution is -2.09. The fourth-order valence-corrected chi connectivity index (χ4v) is 2.45. The van der Waals surface area contributed by atoms with Gasteiger partial charge in [-0.1, -0.05) is 12.8 Å². The van der Waals surface area contributed by atoms with Crippen LogP contribution < -0.4 is 0 Å². The van der Waals surface area contributed by atoms with E-state index in [4.69, 9.17) is 5.26 Å². The molecule has 0 spiro atoms. The fourth-order valence-electron chi connectivity index (χ4n) is 2.45. The molecule has 14 heavy (non-hydrogen) atoms. The van der Waals surface area contributed by atoms with Gasteiger partial charge >= 0.3 is 0 Å². The molecular formula is C11H15N3. The lowest BCUT2D eigenvalue weighted by Gasteiger charge is -2.18. The Hall–Kier alpha value is -1.30. The minimum absolute atomic E-state index is 0.355. The Morgan fingerprint density at radius 1 is 1.57 bits per heavy atom. The number of rotatable bonds is 3. The summed E-state index contributed by atoms with van der Waals surface area (Å²) in [5, 5.41) is 15.8. The van der Waals surface area contributed by atoms with Gasteiger partial charge in [-0.3, -0.25) is 5.10 Å². The van der Waals surface area contributed by atoms with Crippen molar-refractivity contribution in [3.8, 4) is 6.07 Å². The van der Waals surface area contributed by atoms with Gasteiger partial charge in [-0.25, -0.2) is 0 Å². The Labute approximate surface area is 84.1 Å². The first-order valence-electron chi connectivity index (χ1n) is 5.28. The molecule has 1 heterocycles. The van der Waals surface area contributed by atoms with Crippen molar-refractivity contribution in [1.82, 2.24) is 10.2 Å². The topological polar surface area (TPSA) is 52.5 Å². The molecule has 1 unspecified atom stereocenters. The third-order valence-corrected chi connectivity index (χ3v) is 3.18. The Balaban J connectivity index is 2.11. The summed E-state index contributed by atoms with van der Waals surface area (Å²) in [6.45, 7) is 0. The zero-order valence-corrected chi connectivity index (χ0v) is 8.24. The molecule has 2 rings (SSSR count). The highest BCUT2D eigenvalue weighted by Gasteiger charge is 2.27. The van der Waals surface area contributed by atoms with Crippen LogP contribution in [0.1, 0.15) is 43.7 Å². The number of aromatic nitrogens is 2. The van der Waals surface area contributed by atoms with Crippen LogP contribution in [0.3, 0.4) is 0 Å². The number of aromatic amines is 1. The monoisotopic (exact) mass is 189 g/mol. The lowest BCUT2D eigenvalue weighted by molar-refractivity contribution is 0.431. The highest BCUT2D eigenvalue weighted by molar-refractivity contribution is 5.10. The van der Waals surface area contributed by atoms with Crippen molar-refractivity contribution in [2.75, 3.05) is 0 Å². The van der Waals surface area contributed by atoms with Gasteiger partial charge in [-0.2, -0.15) is 10.4 Å². The van der Waals surface area contributed by atoms with E-state index in [1.807, 2.05) is 12.3 Å². The highest BCUT2D eigenvalue weighted by atomic mass is 15.1. The molecule has 1 aliphatic rings. The molecule has 3 heteroatoms. The van der Waals surface area contributed by atoms with Gasteiger partial charge in [-0.05, 0) is 24.8 Å². The van der Waals surface area contributed by atoms with Gasteiger partial charge in [0.05, 0.1) is 11.8 Å². The molecule has 0 radical (unpaired) electrons. The lowest BCUT2D eigenvalue weighted by atomic mass is 9.86. The van der Waals surface area contributed by atoms with Crippen LogP contribution in [-0.4, -0.2) is 10.2 Å².